The second-order valence-electron chi connectivity index (χ2n) is 4.28. The monoisotopic (exact) mass is 248 g/mol. The summed E-state index contributed by atoms with van der Waals surface area (Å²) in [7, 11) is 0. The van der Waals surface area contributed by atoms with Gasteiger partial charge in [-0.1, -0.05) is 25.1 Å². The molecule has 0 aliphatic heterocycles. The van der Waals surface area contributed by atoms with Crippen molar-refractivity contribution in [2.75, 3.05) is 0 Å². The Balaban J connectivity index is 2.51. The largest absolute Gasteiger partial charge is 0.380 e. The summed E-state index contributed by atoms with van der Waals surface area (Å²) in [6.45, 7) is 4.51. The molecule has 2 rings (SSSR count). The van der Waals surface area contributed by atoms with Gasteiger partial charge in [-0.25, -0.2) is 4.39 Å². The van der Waals surface area contributed by atoms with Crippen molar-refractivity contribution in [1.29, 1.82) is 0 Å². The van der Waals surface area contributed by atoms with E-state index in [0.717, 1.165) is 6.54 Å². The van der Waals surface area contributed by atoms with Gasteiger partial charge in [0.1, 0.15) is 11.4 Å². The molecule has 1 atom stereocenters. The fourth-order valence-electron chi connectivity index (χ4n) is 2.10. The zero-order valence-electron chi connectivity index (χ0n) is 10.6. The minimum absolute atomic E-state index is 0.295. The van der Waals surface area contributed by atoms with Gasteiger partial charge in [-0.05, 0) is 19.4 Å². The minimum atomic E-state index is -1.32. The Kier molecular flexibility index (Phi) is 3.48. The lowest BCUT2D eigenvalue weighted by atomic mass is 9.85. The molecule has 18 heavy (non-hydrogen) atoms. The Morgan fingerprint density at radius 1 is 1.33 bits per heavy atom. The van der Waals surface area contributed by atoms with Gasteiger partial charge in [-0.15, -0.1) is 0 Å². The lowest BCUT2D eigenvalue weighted by Crippen LogP contribution is -2.27. The van der Waals surface area contributed by atoms with E-state index in [1.54, 1.807) is 35.3 Å². The topological polar surface area (TPSA) is 38.0 Å². The van der Waals surface area contributed by atoms with Crippen LogP contribution in [0.4, 0.5) is 4.39 Å². The molecule has 0 radical (unpaired) electrons. The third-order valence-electron chi connectivity index (χ3n) is 3.27. The molecule has 0 aliphatic carbocycles. The van der Waals surface area contributed by atoms with Crippen LogP contribution in [0.2, 0.25) is 0 Å². The lowest BCUT2D eigenvalue weighted by molar-refractivity contribution is 0.0725. The molecule has 1 unspecified atom stereocenters. The first-order valence-electron chi connectivity index (χ1n) is 6.12. The highest BCUT2D eigenvalue weighted by Crippen LogP contribution is 2.33. The van der Waals surface area contributed by atoms with Crippen LogP contribution in [0, 0.1) is 5.82 Å². The molecule has 0 fully saturated rings. The average Bonchev–Trinajstić information content (AvgIpc) is 2.87. The molecule has 1 heterocycles. The van der Waals surface area contributed by atoms with Crippen molar-refractivity contribution in [2.24, 2.45) is 0 Å². The molecule has 1 N–H and O–H groups in total. The molecule has 4 heteroatoms. The van der Waals surface area contributed by atoms with Crippen molar-refractivity contribution in [2.45, 2.75) is 32.4 Å². The summed E-state index contributed by atoms with van der Waals surface area (Å²) < 4.78 is 15.6. The third kappa shape index (κ3) is 2.04. The molecule has 0 saturated heterocycles. The van der Waals surface area contributed by atoms with E-state index in [9.17, 15) is 9.50 Å². The second kappa shape index (κ2) is 4.90. The molecule has 0 saturated carbocycles. The van der Waals surface area contributed by atoms with Crippen molar-refractivity contribution < 1.29 is 9.50 Å². The number of aryl methyl sites for hydroxylation is 1. The predicted molar refractivity (Wildman–Crippen MR) is 67.6 cm³/mol. The van der Waals surface area contributed by atoms with Crippen LogP contribution in [0.5, 0.6) is 0 Å². The summed E-state index contributed by atoms with van der Waals surface area (Å²) in [5.41, 5.74) is -0.404. The Bertz CT molecular complexity index is 538. The number of rotatable bonds is 4. The van der Waals surface area contributed by atoms with E-state index < -0.39 is 11.4 Å². The molecule has 1 aromatic carbocycles. The molecule has 0 bridgehead atoms. The average molecular weight is 248 g/mol. The van der Waals surface area contributed by atoms with Gasteiger partial charge >= 0.3 is 0 Å². The van der Waals surface area contributed by atoms with E-state index in [2.05, 4.69) is 5.10 Å². The predicted octanol–water partition coefficient (Wildman–Crippen LogP) is 2.69. The Morgan fingerprint density at radius 2 is 2.06 bits per heavy atom. The first-order valence-corrected chi connectivity index (χ1v) is 6.12. The molecular weight excluding hydrogens is 231 g/mol. The molecule has 0 aliphatic rings. The third-order valence-corrected chi connectivity index (χ3v) is 3.27. The fourth-order valence-corrected chi connectivity index (χ4v) is 2.10. The maximum Gasteiger partial charge on any atom is 0.129 e. The van der Waals surface area contributed by atoms with Gasteiger partial charge in [0.2, 0.25) is 0 Å². The van der Waals surface area contributed by atoms with Crippen LogP contribution in [0.25, 0.3) is 0 Å². The van der Waals surface area contributed by atoms with Crippen molar-refractivity contribution in [1.82, 2.24) is 9.78 Å². The summed E-state index contributed by atoms with van der Waals surface area (Å²) >= 11 is 0. The standard InChI is InChI=1S/C14H17FN2O/c1-3-14(18,11-9-16-17(4-2)10-11)12-7-5-6-8-13(12)15/h5-10,18H,3-4H2,1-2H3. The summed E-state index contributed by atoms with van der Waals surface area (Å²) in [6, 6.07) is 6.32. The number of benzene rings is 1. The van der Waals surface area contributed by atoms with Gasteiger partial charge in [0.15, 0.2) is 0 Å². The number of hydrogen-bond donors (Lipinski definition) is 1. The lowest BCUT2D eigenvalue weighted by Gasteiger charge is -2.26. The molecule has 0 spiro atoms. The Labute approximate surface area is 106 Å². The number of hydrogen-bond acceptors (Lipinski definition) is 2. The van der Waals surface area contributed by atoms with Crippen LogP contribution in [0.3, 0.4) is 0 Å². The summed E-state index contributed by atoms with van der Waals surface area (Å²) in [4.78, 5) is 0. The molecule has 1 aromatic heterocycles. The summed E-state index contributed by atoms with van der Waals surface area (Å²) in [6.07, 6.45) is 3.75. The molecule has 2 aromatic rings. The first kappa shape index (κ1) is 12.8. The Morgan fingerprint density at radius 3 is 2.61 bits per heavy atom. The van der Waals surface area contributed by atoms with Crippen LogP contribution in [-0.2, 0) is 12.1 Å². The van der Waals surface area contributed by atoms with Gasteiger partial charge in [-0.2, -0.15) is 5.10 Å². The summed E-state index contributed by atoms with van der Waals surface area (Å²) in [5.74, 6) is -0.397. The Hall–Kier alpha value is -1.68. The van der Waals surface area contributed by atoms with Gasteiger partial charge < -0.3 is 5.11 Å². The van der Waals surface area contributed by atoms with E-state index in [4.69, 9.17) is 0 Å². The normalized spacial score (nSPS) is 14.4. The van der Waals surface area contributed by atoms with E-state index in [-0.39, 0.29) is 0 Å². The summed E-state index contributed by atoms with van der Waals surface area (Å²) in [5, 5.41) is 14.9. The number of halogens is 1. The van der Waals surface area contributed by atoms with Gasteiger partial charge in [0.05, 0.1) is 6.20 Å². The highest BCUT2D eigenvalue weighted by atomic mass is 19.1. The maximum atomic E-state index is 13.9. The molecular formula is C14H17FN2O. The van der Waals surface area contributed by atoms with E-state index in [1.165, 1.54) is 6.07 Å². The van der Waals surface area contributed by atoms with Gasteiger partial charge in [0, 0.05) is 23.9 Å². The van der Waals surface area contributed by atoms with E-state index in [0.29, 0.717) is 17.5 Å². The van der Waals surface area contributed by atoms with Gasteiger partial charge in [0.25, 0.3) is 0 Å². The van der Waals surface area contributed by atoms with Crippen LogP contribution in [0.1, 0.15) is 31.4 Å². The first-order chi connectivity index (χ1) is 8.61. The minimum Gasteiger partial charge on any atom is -0.380 e. The quantitative estimate of drug-likeness (QED) is 0.903. The van der Waals surface area contributed by atoms with Crippen molar-refractivity contribution in [3.05, 3.63) is 53.6 Å². The van der Waals surface area contributed by atoms with Crippen LogP contribution < -0.4 is 0 Å². The van der Waals surface area contributed by atoms with Crippen molar-refractivity contribution >= 4 is 0 Å². The number of aromatic nitrogens is 2. The maximum absolute atomic E-state index is 13.9. The van der Waals surface area contributed by atoms with Crippen LogP contribution >= 0.6 is 0 Å². The van der Waals surface area contributed by atoms with E-state index >= 15 is 0 Å². The van der Waals surface area contributed by atoms with Crippen molar-refractivity contribution in [3.8, 4) is 0 Å². The van der Waals surface area contributed by atoms with E-state index in [1.807, 2.05) is 13.8 Å². The fraction of sp³-hybridized carbons (Fsp3) is 0.357. The molecule has 0 amide bonds. The number of nitrogens with zero attached hydrogens (tertiary/aromatic N) is 2. The van der Waals surface area contributed by atoms with Crippen LogP contribution in [-0.4, -0.2) is 14.9 Å². The highest BCUT2D eigenvalue weighted by molar-refractivity contribution is 5.34. The highest BCUT2D eigenvalue weighted by Gasteiger charge is 2.33. The van der Waals surface area contributed by atoms with Crippen LogP contribution in [0.15, 0.2) is 36.7 Å². The van der Waals surface area contributed by atoms with Crippen molar-refractivity contribution in [3.63, 3.8) is 0 Å². The molecule has 96 valence electrons. The SMILES string of the molecule is CCn1cc(C(O)(CC)c2ccccc2F)cn1. The second-order valence-corrected chi connectivity index (χ2v) is 4.28. The zero-order chi connectivity index (χ0) is 13.2. The smallest absolute Gasteiger partial charge is 0.129 e. The van der Waals surface area contributed by atoms with Gasteiger partial charge in [-0.3, -0.25) is 4.68 Å². The zero-order valence-corrected chi connectivity index (χ0v) is 10.6. The molecule has 3 nitrogen and oxygen atoms in total. The number of aliphatic hydroxyl groups is 1.